The van der Waals surface area contributed by atoms with Crippen molar-refractivity contribution in [1.82, 2.24) is 5.32 Å². The first-order chi connectivity index (χ1) is 6.03. The van der Waals surface area contributed by atoms with Crippen LogP contribution in [0.25, 0.3) is 0 Å². The molecule has 2 nitrogen and oxygen atoms in total. The summed E-state index contributed by atoms with van der Waals surface area (Å²) in [5, 5.41) is 3.42. The van der Waals surface area contributed by atoms with E-state index in [2.05, 4.69) is 26.1 Å². The van der Waals surface area contributed by atoms with E-state index < -0.39 is 0 Å². The van der Waals surface area contributed by atoms with Gasteiger partial charge in [0.25, 0.3) is 0 Å². The van der Waals surface area contributed by atoms with Gasteiger partial charge in [-0.25, -0.2) is 0 Å². The molecule has 2 unspecified atom stereocenters. The van der Waals surface area contributed by atoms with Gasteiger partial charge >= 0.3 is 0 Å². The van der Waals surface area contributed by atoms with Gasteiger partial charge in [0.2, 0.25) is 0 Å². The smallest absolute Gasteiger partial charge is 0.000579 e. The number of hydrogen-bond acceptors (Lipinski definition) is 2. The van der Waals surface area contributed by atoms with E-state index in [0.717, 1.165) is 19.0 Å². The fourth-order valence-electron chi connectivity index (χ4n) is 2.31. The molecule has 0 spiro atoms. The lowest BCUT2D eigenvalue weighted by molar-refractivity contribution is 0.184. The molecule has 13 heavy (non-hydrogen) atoms. The van der Waals surface area contributed by atoms with Crippen LogP contribution in [0.15, 0.2) is 0 Å². The largest absolute Gasteiger partial charge is 0.330 e. The third kappa shape index (κ3) is 3.65. The summed E-state index contributed by atoms with van der Waals surface area (Å²) >= 11 is 0. The second-order valence-electron chi connectivity index (χ2n) is 5.51. The van der Waals surface area contributed by atoms with E-state index in [1.165, 1.54) is 19.4 Å². The summed E-state index contributed by atoms with van der Waals surface area (Å²) in [4.78, 5) is 0. The number of hydrogen-bond donors (Lipinski definition) is 2. The zero-order valence-electron chi connectivity index (χ0n) is 9.27. The Labute approximate surface area is 82.3 Å². The summed E-state index contributed by atoms with van der Waals surface area (Å²) < 4.78 is 0. The molecular weight excluding hydrogens is 160 g/mol. The summed E-state index contributed by atoms with van der Waals surface area (Å²) in [5.74, 6) is 1.54. The summed E-state index contributed by atoms with van der Waals surface area (Å²) in [6.45, 7) is 10.1. The Kier molecular flexibility index (Phi) is 3.74. The van der Waals surface area contributed by atoms with Crippen LogP contribution in [0.3, 0.4) is 0 Å². The zero-order chi connectivity index (χ0) is 9.90. The first kappa shape index (κ1) is 11.0. The lowest BCUT2D eigenvalue weighted by Crippen LogP contribution is -2.41. The highest BCUT2D eigenvalue weighted by Crippen LogP contribution is 2.31. The molecule has 0 amide bonds. The van der Waals surface area contributed by atoms with Crippen LogP contribution in [-0.2, 0) is 0 Å². The normalized spacial score (nSPS) is 30.5. The van der Waals surface area contributed by atoms with Crippen LogP contribution in [0, 0.1) is 17.3 Å². The van der Waals surface area contributed by atoms with Gasteiger partial charge in [0.15, 0.2) is 0 Å². The highest BCUT2D eigenvalue weighted by atomic mass is 14.9. The SMILES string of the molecule is CC(C)(C)CC1CCNCC1CN. The van der Waals surface area contributed by atoms with Crippen LogP contribution in [-0.4, -0.2) is 19.6 Å². The van der Waals surface area contributed by atoms with Crippen molar-refractivity contribution < 1.29 is 0 Å². The molecule has 2 atom stereocenters. The Morgan fingerprint density at radius 3 is 2.54 bits per heavy atom. The van der Waals surface area contributed by atoms with Crippen LogP contribution in [0.4, 0.5) is 0 Å². The van der Waals surface area contributed by atoms with Crippen molar-refractivity contribution in [3.05, 3.63) is 0 Å². The molecular formula is C11H24N2. The standard InChI is InChI=1S/C11H24N2/c1-11(2,3)6-9-4-5-13-8-10(9)7-12/h9-10,13H,4-8,12H2,1-3H3. The van der Waals surface area contributed by atoms with Gasteiger partial charge in [-0.05, 0) is 49.7 Å². The summed E-state index contributed by atoms with van der Waals surface area (Å²) in [6, 6.07) is 0. The topological polar surface area (TPSA) is 38.0 Å². The molecule has 0 aromatic rings. The second-order valence-corrected chi connectivity index (χ2v) is 5.51. The molecule has 1 aliphatic heterocycles. The predicted molar refractivity (Wildman–Crippen MR) is 57.6 cm³/mol. The molecule has 0 saturated carbocycles. The van der Waals surface area contributed by atoms with Gasteiger partial charge in [0.05, 0.1) is 0 Å². The Morgan fingerprint density at radius 1 is 1.31 bits per heavy atom. The number of rotatable bonds is 2. The lowest BCUT2D eigenvalue weighted by Gasteiger charge is -2.35. The highest BCUT2D eigenvalue weighted by molar-refractivity contribution is 4.81. The molecule has 1 fully saturated rings. The Balaban J connectivity index is 2.45. The van der Waals surface area contributed by atoms with Crippen LogP contribution >= 0.6 is 0 Å². The van der Waals surface area contributed by atoms with E-state index in [4.69, 9.17) is 5.73 Å². The Bertz CT molecular complexity index is 149. The van der Waals surface area contributed by atoms with Gasteiger partial charge in [-0.1, -0.05) is 20.8 Å². The molecule has 1 saturated heterocycles. The van der Waals surface area contributed by atoms with Crippen molar-refractivity contribution in [1.29, 1.82) is 0 Å². The van der Waals surface area contributed by atoms with Crippen LogP contribution < -0.4 is 11.1 Å². The molecule has 0 bridgehead atoms. The maximum Gasteiger partial charge on any atom is -0.000579 e. The lowest BCUT2D eigenvalue weighted by atomic mass is 9.75. The quantitative estimate of drug-likeness (QED) is 0.684. The van der Waals surface area contributed by atoms with Crippen molar-refractivity contribution in [2.45, 2.75) is 33.6 Å². The minimum Gasteiger partial charge on any atom is -0.330 e. The number of nitrogens with one attached hydrogen (secondary N) is 1. The van der Waals surface area contributed by atoms with E-state index in [0.29, 0.717) is 11.3 Å². The van der Waals surface area contributed by atoms with Gasteiger partial charge < -0.3 is 11.1 Å². The van der Waals surface area contributed by atoms with E-state index in [1.54, 1.807) is 0 Å². The number of piperidine rings is 1. The molecule has 78 valence electrons. The summed E-state index contributed by atoms with van der Waals surface area (Å²) in [6.07, 6.45) is 2.62. The van der Waals surface area contributed by atoms with Crippen molar-refractivity contribution in [3.63, 3.8) is 0 Å². The molecule has 1 aliphatic rings. The molecule has 0 radical (unpaired) electrons. The fraction of sp³-hybridized carbons (Fsp3) is 1.00. The molecule has 0 aromatic heterocycles. The minimum atomic E-state index is 0.454. The molecule has 1 heterocycles. The third-order valence-electron chi connectivity index (χ3n) is 2.94. The van der Waals surface area contributed by atoms with E-state index in [-0.39, 0.29) is 0 Å². The number of nitrogens with two attached hydrogens (primary N) is 1. The molecule has 1 rings (SSSR count). The van der Waals surface area contributed by atoms with Gasteiger partial charge in [-0.2, -0.15) is 0 Å². The Hall–Kier alpha value is -0.0800. The fourth-order valence-corrected chi connectivity index (χ4v) is 2.31. The van der Waals surface area contributed by atoms with E-state index in [1.807, 2.05) is 0 Å². The molecule has 0 aliphatic carbocycles. The average Bonchev–Trinajstić information content (AvgIpc) is 2.02. The van der Waals surface area contributed by atoms with Gasteiger partial charge in [-0.3, -0.25) is 0 Å². The van der Waals surface area contributed by atoms with Gasteiger partial charge in [-0.15, -0.1) is 0 Å². The summed E-state index contributed by atoms with van der Waals surface area (Å²) in [5.41, 5.74) is 6.23. The van der Waals surface area contributed by atoms with Gasteiger partial charge in [0, 0.05) is 0 Å². The van der Waals surface area contributed by atoms with Crippen molar-refractivity contribution in [2.24, 2.45) is 23.0 Å². The van der Waals surface area contributed by atoms with Crippen LogP contribution in [0.5, 0.6) is 0 Å². The minimum absolute atomic E-state index is 0.454. The first-order valence-electron chi connectivity index (χ1n) is 5.44. The van der Waals surface area contributed by atoms with Crippen molar-refractivity contribution in [3.8, 4) is 0 Å². The van der Waals surface area contributed by atoms with E-state index in [9.17, 15) is 0 Å². The zero-order valence-corrected chi connectivity index (χ0v) is 9.27. The maximum atomic E-state index is 5.77. The molecule has 0 aromatic carbocycles. The Morgan fingerprint density at radius 2 is 2.00 bits per heavy atom. The monoisotopic (exact) mass is 184 g/mol. The average molecular weight is 184 g/mol. The maximum absolute atomic E-state index is 5.77. The van der Waals surface area contributed by atoms with E-state index >= 15 is 0 Å². The third-order valence-corrected chi connectivity index (χ3v) is 2.94. The highest BCUT2D eigenvalue weighted by Gasteiger charge is 2.27. The predicted octanol–water partition coefficient (Wildman–Crippen LogP) is 1.61. The molecule has 3 N–H and O–H groups in total. The summed E-state index contributed by atoms with van der Waals surface area (Å²) in [7, 11) is 0. The molecule has 2 heteroatoms. The van der Waals surface area contributed by atoms with Crippen molar-refractivity contribution in [2.75, 3.05) is 19.6 Å². The second kappa shape index (κ2) is 4.43. The first-order valence-corrected chi connectivity index (χ1v) is 5.44. The van der Waals surface area contributed by atoms with Crippen molar-refractivity contribution >= 4 is 0 Å². The van der Waals surface area contributed by atoms with Crippen LogP contribution in [0.1, 0.15) is 33.6 Å². The van der Waals surface area contributed by atoms with Crippen LogP contribution in [0.2, 0.25) is 0 Å². The van der Waals surface area contributed by atoms with Gasteiger partial charge in [0.1, 0.15) is 0 Å².